The summed E-state index contributed by atoms with van der Waals surface area (Å²) in [6.07, 6.45) is 0. The summed E-state index contributed by atoms with van der Waals surface area (Å²) < 4.78 is 17.7. The van der Waals surface area contributed by atoms with Crippen molar-refractivity contribution in [2.45, 2.75) is 33.2 Å². The van der Waals surface area contributed by atoms with Crippen LogP contribution in [0.15, 0.2) is 65.7 Å². The summed E-state index contributed by atoms with van der Waals surface area (Å²) in [5, 5.41) is 0. The van der Waals surface area contributed by atoms with Gasteiger partial charge in [-0.25, -0.2) is 4.79 Å². The first-order valence-electron chi connectivity index (χ1n) is 12.1. The highest BCUT2D eigenvalue weighted by Crippen LogP contribution is 2.41. The summed E-state index contributed by atoms with van der Waals surface area (Å²) in [5.74, 6) is 2.48. The molecule has 3 rings (SSSR count). The summed E-state index contributed by atoms with van der Waals surface area (Å²) in [6.45, 7) is 7.95. The van der Waals surface area contributed by atoms with Gasteiger partial charge in [0.1, 0.15) is 11.5 Å². The van der Waals surface area contributed by atoms with Crippen LogP contribution in [0.5, 0.6) is 23.3 Å². The Hall–Kier alpha value is -4.07. The molecule has 8 heteroatoms. The van der Waals surface area contributed by atoms with Crippen molar-refractivity contribution in [2.24, 2.45) is 4.99 Å². The highest BCUT2D eigenvalue weighted by atomic mass is 16.5. The molecule has 1 unspecified atom stereocenters. The maximum absolute atomic E-state index is 13.3. The molecule has 8 nitrogen and oxygen atoms in total. The van der Waals surface area contributed by atoms with Crippen LogP contribution in [-0.2, 0) is 9.53 Å². The number of amidine groups is 1. The first-order valence-corrected chi connectivity index (χ1v) is 12.1. The number of aromatic nitrogens is 1. The molecule has 37 heavy (non-hydrogen) atoms. The fourth-order valence-corrected chi connectivity index (χ4v) is 4.17. The number of aliphatic imine (C=N–C) groups is 1. The van der Waals surface area contributed by atoms with E-state index in [1.54, 1.807) is 7.05 Å². The quantitative estimate of drug-likeness (QED) is 0.212. The van der Waals surface area contributed by atoms with Crippen molar-refractivity contribution in [3.8, 4) is 23.3 Å². The van der Waals surface area contributed by atoms with Crippen LogP contribution in [0.2, 0.25) is 0 Å². The Morgan fingerprint density at radius 1 is 0.919 bits per heavy atom. The number of methoxy groups -OCH3 is 1. The van der Waals surface area contributed by atoms with Crippen LogP contribution in [0, 0.1) is 13.8 Å². The Morgan fingerprint density at radius 2 is 1.38 bits per heavy atom. The molecule has 0 saturated carbocycles. The number of hydrogen-bond donors (Lipinski definition) is 0. The maximum atomic E-state index is 13.3. The standard InChI is InChI=1S/C29H36N4O4/c1-20-25(33(7)29(4,28(34)35-8)19-32(6)22(3)30-5)21(2)27(37-24-17-13-10-14-18-24)31-26(20)36-23-15-11-9-12-16-23/h9-18H,19H2,1-8H3. The Balaban J connectivity index is 2.18. The minimum atomic E-state index is -1.07. The van der Waals surface area contributed by atoms with Crippen molar-refractivity contribution in [3.63, 3.8) is 0 Å². The predicted molar refractivity (Wildman–Crippen MR) is 147 cm³/mol. The van der Waals surface area contributed by atoms with Gasteiger partial charge in [0, 0.05) is 32.3 Å². The Kier molecular flexibility index (Phi) is 8.76. The lowest BCUT2D eigenvalue weighted by molar-refractivity contribution is -0.146. The van der Waals surface area contributed by atoms with Crippen LogP contribution < -0.4 is 14.4 Å². The molecule has 0 amide bonds. The molecular formula is C29H36N4O4. The first-order chi connectivity index (χ1) is 17.6. The maximum Gasteiger partial charge on any atom is 0.333 e. The molecule has 0 spiro atoms. The van der Waals surface area contributed by atoms with E-state index in [-0.39, 0.29) is 5.97 Å². The number of carbonyl (C=O) groups excluding carboxylic acids is 1. The third-order valence-electron chi connectivity index (χ3n) is 6.59. The topological polar surface area (TPSA) is 76.5 Å². The number of nitrogens with zero attached hydrogens (tertiary/aromatic N) is 4. The van der Waals surface area contributed by atoms with Gasteiger partial charge in [0.05, 0.1) is 25.2 Å². The summed E-state index contributed by atoms with van der Waals surface area (Å²) >= 11 is 0. The number of esters is 1. The second-order valence-electron chi connectivity index (χ2n) is 9.10. The zero-order valence-corrected chi connectivity index (χ0v) is 22.9. The minimum Gasteiger partial charge on any atom is -0.467 e. The number of ether oxygens (including phenoxy) is 3. The lowest BCUT2D eigenvalue weighted by atomic mass is 9.96. The van der Waals surface area contributed by atoms with Crippen molar-refractivity contribution in [2.75, 3.05) is 39.7 Å². The monoisotopic (exact) mass is 504 g/mol. The molecule has 0 aliphatic heterocycles. The van der Waals surface area contributed by atoms with Crippen LogP contribution in [0.1, 0.15) is 25.0 Å². The lowest BCUT2D eigenvalue weighted by Crippen LogP contribution is -2.58. The third-order valence-corrected chi connectivity index (χ3v) is 6.59. The Labute approximate surface area is 219 Å². The van der Waals surface area contributed by atoms with Gasteiger partial charge in [-0.1, -0.05) is 36.4 Å². The van der Waals surface area contributed by atoms with Crippen molar-refractivity contribution >= 4 is 17.5 Å². The average Bonchev–Trinajstić information content (AvgIpc) is 2.91. The number of rotatable bonds is 9. The fourth-order valence-electron chi connectivity index (χ4n) is 4.17. The number of carbonyl (C=O) groups is 1. The molecule has 1 atom stereocenters. The Bertz CT molecular complexity index is 1180. The smallest absolute Gasteiger partial charge is 0.333 e. The highest BCUT2D eigenvalue weighted by molar-refractivity contribution is 5.88. The minimum absolute atomic E-state index is 0.338. The van der Waals surface area contributed by atoms with Crippen LogP contribution in [0.25, 0.3) is 0 Å². The normalized spacial score (nSPS) is 12.9. The number of likely N-dealkylation sites (N-methyl/N-ethyl adjacent to an activating group) is 2. The molecule has 0 aliphatic carbocycles. The van der Waals surface area contributed by atoms with Gasteiger partial charge in [0.15, 0.2) is 5.54 Å². The van der Waals surface area contributed by atoms with Crippen LogP contribution in [-0.4, -0.2) is 62.0 Å². The van der Waals surface area contributed by atoms with Gasteiger partial charge in [0.25, 0.3) is 0 Å². The second kappa shape index (κ2) is 11.8. The van der Waals surface area contributed by atoms with Crippen molar-refractivity contribution in [3.05, 3.63) is 71.8 Å². The van der Waals surface area contributed by atoms with Gasteiger partial charge < -0.3 is 24.0 Å². The molecule has 2 aromatic carbocycles. The molecule has 0 aliphatic rings. The molecule has 196 valence electrons. The van der Waals surface area contributed by atoms with E-state index < -0.39 is 5.54 Å². The van der Waals surface area contributed by atoms with E-state index in [1.165, 1.54) is 7.11 Å². The Morgan fingerprint density at radius 3 is 1.78 bits per heavy atom. The lowest BCUT2D eigenvalue weighted by Gasteiger charge is -2.42. The van der Waals surface area contributed by atoms with Gasteiger partial charge in [-0.2, -0.15) is 4.98 Å². The fraction of sp³-hybridized carbons (Fsp3) is 0.345. The van der Waals surface area contributed by atoms with E-state index in [0.29, 0.717) is 29.8 Å². The number of benzene rings is 2. The predicted octanol–water partition coefficient (Wildman–Crippen LogP) is 5.63. The summed E-state index contributed by atoms with van der Waals surface area (Å²) in [6, 6.07) is 18.9. The largest absolute Gasteiger partial charge is 0.467 e. The van der Waals surface area contributed by atoms with Crippen LogP contribution >= 0.6 is 0 Å². The molecule has 1 aromatic heterocycles. The molecule has 0 N–H and O–H groups in total. The highest BCUT2D eigenvalue weighted by Gasteiger charge is 2.42. The van der Waals surface area contributed by atoms with Crippen molar-refractivity contribution < 1.29 is 19.0 Å². The third kappa shape index (κ3) is 6.02. The van der Waals surface area contributed by atoms with E-state index in [0.717, 1.165) is 22.6 Å². The van der Waals surface area contributed by atoms with Gasteiger partial charge in [0.2, 0.25) is 11.8 Å². The molecule has 0 radical (unpaired) electrons. The zero-order chi connectivity index (χ0) is 27.2. The van der Waals surface area contributed by atoms with E-state index >= 15 is 0 Å². The van der Waals surface area contributed by atoms with Gasteiger partial charge >= 0.3 is 5.97 Å². The van der Waals surface area contributed by atoms with Gasteiger partial charge in [-0.15, -0.1) is 0 Å². The van der Waals surface area contributed by atoms with Crippen LogP contribution in [0.3, 0.4) is 0 Å². The molecule has 0 bridgehead atoms. The molecule has 0 fully saturated rings. The van der Waals surface area contributed by atoms with Crippen molar-refractivity contribution in [1.82, 2.24) is 9.88 Å². The number of hydrogen-bond acceptors (Lipinski definition) is 7. The number of pyridine rings is 1. The van der Waals surface area contributed by atoms with E-state index in [9.17, 15) is 4.79 Å². The second-order valence-corrected chi connectivity index (χ2v) is 9.10. The van der Waals surface area contributed by atoms with Gasteiger partial charge in [-0.05, 0) is 52.0 Å². The zero-order valence-electron chi connectivity index (χ0n) is 22.9. The number of anilines is 1. The summed E-state index contributed by atoms with van der Waals surface area (Å²) in [7, 11) is 6.90. The number of para-hydroxylation sites is 2. The molecule has 0 saturated heterocycles. The first kappa shape index (κ1) is 27.5. The average molecular weight is 505 g/mol. The molecule has 1 heterocycles. The summed E-state index contributed by atoms with van der Waals surface area (Å²) in [4.78, 5) is 26.1. The molecule has 3 aromatic rings. The summed E-state index contributed by atoms with van der Waals surface area (Å²) in [5.41, 5.74) is 1.23. The van der Waals surface area contributed by atoms with Crippen molar-refractivity contribution in [1.29, 1.82) is 0 Å². The van der Waals surface area contributed by atoms with E-state index in [1.807, 2.05) is 112 Å². The van der Waals surface area contributed by atoms with E-state index in [4.69, 9.17) is 19.2 Å². The van der Waals surface area contributed by atoms with Crippen LogP contribution in [0.4, 0.5) is 5.69 Å². The SMILES string of the molecule is CN=C(C)N(C)CC(C)(C(=O)OC)N(C)c1c(C)c(Oc2ccccc2)nc(Oc2ccccc2)c1C. The van der Waals surface area contributed by atoms with Gasteiger partial charge in [-0.3, -0.25) is 4.99 Å². The van der Waals surface area contributed by atoms with E-state index in [2.05, 4.69) is 4.99 Å². The molecular weight excluding hydrogens is 468 g/mol.